The molecule has 0 unspecified atom stereocenters. The van der Waals surface area contributed by atoms with Gasteiger partial charge in [-0.05, 0) is 37.8 Å². The SMILES string of the molecule is Cc1ccc(NC(=O)c2oc3c(c2C)/C(=N\NC(N)=O)CC(C)(C)C3)cc1. The maximum absolute atomic E-state index is 12.7. The number of furan rings is 1. The van der Waals surface area contributed by atoms with Crippen molar-refractivity contribution >= 4 is 23.3 Å². The first-order chi connectivity index (χ1) is 12.7. The highest BCUT2D eigenvalue weighted by Crippen LogP contribution is 2.38. The number of primary amides is 1. The van der Waals surface area contributed by atoms with Crippen LogP contribution in [0.4, 0.5) is 10.5 Å². The van der Waals surface area contributed by atoms with E-state index in [1.165, 1.54) is 0 Å². The number of nitrogens with zero attached hydrogens (tertiary/aromatic N) is 1. The number of carbonyl (C=O) groups excluding carboxylic acids is 2. The summed E-state index contributed by atoms with van der Waals surface area (Å²) in [4.78, 5) is 23.8. The smallest absolute Gasteiger partial charge is 0.332 e. The summed E-state index contributed by atoms with van der Waals surface area (Å²) in [5, 5.41) is 7.01. The van der Waals surface area contributed by atoms with Crippen LogP contribution in [0.2, 0.25) is 0 Å². The molecule has 1 aliphatic carbocycles. The zero-order valence-electron chi connectivity index (χ0n) is 16.0. The van der Waals surface area contributed by atoms with Crippen LogP contribution in [-0.2, 0) is 6.42 Å². The molecule has 0 saturated carbocycles. The van der Waals surface area contributed by atoms with Crippen LogP contribution in [0.25, 0.3) is 0 Å². The van der Waals surface area contributed by atoms with Gasteiger partial charge in [-0.3, -0.25) is 4.79 Å². The van der Waals surface area contributed by atoms with Crippen molar-refractivity contribution in [1.82, 2.24) is 5.43 Å². The summed E-state index contributed by atoms with van der Waals surface area (Å²) in [5.74, 6) is 0.638. The number of benzene rings is 1. The number of hydrogen-bond donors (Lipinski definition) is 3. The Morgan fingerprint density at radius 3 is 2.44 bits per heavy atom. The Hall–Kier alpha value is -3.09. The van der Waals surface area contributed by atoms with Crippen molar-refractivity contribution in [3.8, 4) is 0 Å². The second kappa shape index (κ2) is 6.90. The van der Waals surface area contributed by atoms with Gasteiger partial charge >= 0.3 is 6.03 Å². The third-order valence-corrected chi connectivity index (χ3v) is 4.61. The monoisotopic (exact) mass is 368 g/mol. The van der Waals surface area contributed by atoms with Crippen LogP contribution in [-0.4, -0.2) is 17.6 Å². The molecule has 0 atom stereocenters. The van der Waals surface area contributed by atoms with E-state index in [2.05, 4.69) is 29.7 Å². The van der Waals surface area contributed by atoms with Gasteiger partial charge in [-0.2, -0.15) is 5.10 Å². The molecule has 4 N–H and O–H groups in total. The molecule has 0 spiro atoms. The Bertz CT molecular complexity index is 923. The van der Waals surface area contributed by atoms with Gasteiger partial charge < -0.3 is 15.5 Å². The highest BCUT2D eigenvalue weighted by atomic mass is 16.4. The quantitative estimate of drug-likeness (QED) is 0.721. The van der Waals surface area contributed by atoms with E-state index >= 15 is 0 Å². The largest absolute Gasteiger partial charge is 0.455 e. The number of aryl methyl sites for hydroxylation is 1. The fourth-order valence-corrected chi connectivity index (χ4v) is 3.37. The number of hydrogen-bond acceptors (Lipinski definition) is 4. The molecule has 7 nitrogen and oxygen atoms in total. The molecule has 1 heterocycles. The van der Waals surface area contributed by atoms with Crippen LogP contribution in [0.1, 0.15) is 53.3 Å². The van der Waals surface area contributed by atoms with Crippen molar-refractivity contribution in [1.29, 1.82) is 0 Å². The average Bonchev–Trinajstić information content (AvgIpc) is 2.90. The van der Waals surface area contributed by atoms with Gasteiger partial charge in [0.25, 0.3) is 5.91 Å². The number of hydrazone groups is 1. The minimum Gasteiger partial charge on any atom is -0.455 e. The van der Waals surface area contributed by atoms with E-state index in [1.54, 1.807) is 0 Å². The average molecular weight is 368 g/mol. The van der Waals surface area contributed by atoms with Gasteiger partial charge in [0.1, 0.15) is 5.76 Å². The van der Waals surface area contributed by atoms with Gasteiger partial charge in [0, 0.05) is 23.2 Å². The maximum atomic E-state index is 12.7. The molecule has 1 aliphatic rings. The summed E-state index contributed by atoms with van der Waals surface area (Å²) < 4.78 is 5.93. The zero-order chi connectivity index (χ0) is 19.8. The predicted molar refractivity (Wildman–Crippen MR) is 104 cm³/mol. The number of anilines is 1. The third kappa shape index (κ3) is 4.02. The topological polar surface area (TPSA) is 110 Å². The predicted octanol–water partition coefficient (Wildman–Crippen LogP) is 3.49. The van der Waals surface area contributed by atoms with E-state index in [1.807, 2.05) is 38.1 Å². The summed E-state index contributed by atoms with van der Waals surface area (Å²) in [6.45, 7) is 7.98. The molecular formula is C20H24N4O3. The normalized spacial score (nSPS) is 16.7. The molecule has 0 saturated heterocycles. The zero-order valence-corrected chi connectivity index (χ0v) is 16.0. The highest BCUT2D eigenvalue weighted by Gasteiger charge is 2.36. The van der Waals surface area contributed by atoms with Crippen molar-refractivity contribution in [2.45, 2.75) is 40.5 Å². The van der Waals surface area contributed by atoms with Crippen molar-refractivity contribution in [2.75, 3.05) is 5.32 Å². The van der Waals surface area contributed by atoms with Crippen LogP contribution in [0.5, 0.6) is 0 Å². The molecule has 1 aromatic carbocycles. The lowest BCUT2D eigenvalue weighted by Crippen LogP contribution is -2.31. The lowest BCUT2D eigenvalue weighted by Gasteiger charge is -2.29. The first-order valence-corrected chi connectivity index (χ1v) is 8.79. The van der Waals surface area contributed by atoms with Crippen molar-refractivity contribution in [2.24, 2.45) is 16.3 Å². The summed E-state index contributed by atoms with van der Waals surface area (Å²) in [6, 6.07) is 6.82. The van der Waals surface area contributed by atoms with Crippen LogP contribution in [0.3, 0.4) is 0 Å². The Balaban J connectivity index is 1.95. The first kappa shape index (κ1) is 18.7. The van der Waals surface area contributed by atoms with E-state index < -0.39 is 6.03 Å². The molecule has 1 aromatic heterocycles. The van der Waals surface area contributed by atoms with Crippen molar-refractivity contribution < 1.29 is 14.0 Å². The van der Waals surface area contributed by atoms with E-state index in [0.29, 0.717) is 35.6 Å². The molecule has 27 heavy (non-hydrogen) atoms. The van der Waals surface area contributed by atoms with Gasteiger partial charge in [-0.1, -0.05) is 31.5 Å². The maximum Gasteiger partial charge on any atom is 0.332 e. The molecule has 0 bridgehead atoms. The van der Waals surface area contributed by atoms with E-state index in [-0.39, 0.29) is 17.1 Å². The van der Waals surface area contributed by atoms with Crippen molar-refractivity contribution in [3.63, 3.8) is 0 Å². The van der Waals surface area contributed by atoms with Crippen molar-refractivity contribution in [3.05, 3.63) is 52.5 Å². The second-order valence-electron chi connectivity index (χ2n) is 7.73. The Labute approximate surface area is 158 Å². The molecule has 142 valence electrons. The number of carbonyl (C=O) groups is 2. The number of urea groups is 1. The van der Waals surface area contributed by atoms with Crippen LogP contribution in [0.15, 0.2) is 33.8 Å². The number of rotatable bonds is 3. The number of fused-ring (bicyclic) bond motifs is 1. The molecular weight excluding hydrogens is 344 g/mol. The van der Waals surface area contributed by atoms with E-state index in [4.69, 9.17) is 10.2 Å². The second-order valence-corrected chi connectivity index (χ2v) is 7.73. The van der Waals surface area contributed by atoms with Crippen LogP contribution < -0.4 is 16.5 Å². The summed E-state index contributed by atoms with van der Waals surface area (Å²) in [5.41, 5.74) is 11.3. The lowest BCUT2D eigenvalue weighted by atomic mass is 9.75. The van der Waals surface area contributed by atoms with Gasteiger partial charge in [-0.15, -0.1) is 0 Å². The Kier molecular flexibility index (Phi) is 4.78. The molecule has 0 fully saturated rings. The fourth-order valence-electron chi connectivity index (χ4n) is 3.37. The molecule has 2 aromatic rings. The van der Waals surface area contributed by atoms with E-state index in [0.717, 1.165) is 11.1 Å². The fraction of sp³-hybridized carbons (Fsp3) is 0.350. The molecule has 3 amide bonds. The first-order valence-electron chi connectivity index (χ1n) is 8.79. The summed E-state index contributed by atoms with van der Waals surface area (Å²) in [6.07, 6.45) is 1.32. The minimum atomic E-state index is -0.731. The van der Waals surface area contributed by atoms with Gasteiger partial charge in [0.15, 0.2) is 5.76 Å². The van der Waals surface area contributed by atoms with Gasteiger partial charge in [-0.25, -0.2) is 10.2 Å². The van der Waals surface area contributed by atoms with Gasteiger partial charge in [0.05, 0.1) is 5.71 Å². The number of nitrogens with two attached hydrogens (primary N) is 1. The summed E-state index contributed by atoms with van der Waals surface area (Å²) >= 11 is 0. The standard InChI is InChI=1S/C20H24N4O3/c1-11-5-7-13(8-6-11)22-18(25)17-12(2)16-14(23-24-19(21)26)9-20(3,4)10-15(16)27-17/h5-8H,9-10H2,1-4H3,(H,22,25)(H3,21,24,26)/b23-14-. The molecule has 3 rings (SSSR count). The van der Waals surface area contributed by atoms with Gasteiger partial charge in [0.2, 0.25) is 0 Å². The minimum absolute atomic E-state index is 0.111. The Morgan fingerprint density at radius 1 is 1.15 bits per heavy atom. The van der Waals surface area contributed by atoms with E-state index in [9.17, 15) is 9.59 Å². The van der Waals surface area contributed by atoms with Crippen LogP contribution in [0, 0.1) is 19.3 Å². The molecule has 7 heteroatoms. The lowest BCUT2D eigenvalue weighted by molar-refractivity contribution is 0.0993. The Morgan fingerprint density at radius 2 is 1.81 bits per heavy atom. The molecule has 0 aliphatic heterocycles. The number of amides is 3. The number of nitrogens with one attached hydrogen (secondary N) is 2. The highest BCUT2D eigenvalue weighted by molar-refractivity contribution is 6.09. The third-order valence-electron chi connectivity index (χ3n) is 4.61. The molecule has 0 radical (unpaired) electrons. The summed E-state index contributed by atoms with van der Waals surface area (Å²) in [7, 11) is 0. The van der Waals surface area contributed by atoms with Crippen LogP contribution >= 0.6 is 0 Å².